The average molecular weight is 289 g/mol. The molecule has 0 amide bonds. The summed E-state index contributed by atoms with van der Waals surface area (Å²) in [6.07, 6.45) is 7.86. The van der Waals surface area contributed by atoms with E-state index < -0.39 is 0 Å². The van der Waals surface area contributed by atoms with E-state index in [2.05, 4.69) is 54.3 Å². The lowest BCUT2D eigenvalue weighted by atomic mass is 10.1. The normalized spacial score (nSPS) is 11.4. The Morgan fingerprint density at radius 1 is 1.05 bits per heavy atom. The number of para-hydroxylation sites is 2. The summed E-state index contributed by atoms with van der Waals surface area (Å²) in [6.45, 7) is 5.92. The van der Waals surface area contributed by atoms with Gasteiger partial charge in [-0.25, -0.2) is 9.13 Å². The number of imidazole rings is 1. The van der Waals surface area contributed by atoms with E-state index in [1.54, 1.807) is 0 Å². The number of unbranched alkanes of at least 4 members (excludes halogenated alkanes) is 5. The van der Waals surface area contributed by atoms with Gasteiger partial charge in [-0.1, -0.05) is 51.2 Å². The SMILES string of the molecule is CCCCCCCCOCn1c(C)[n+](C)c2ccccc21. The summed E-state index contributed by atoms with van der Waals surface area (Å²) in [7, 11) is 2.11. The summed E-state index contributed by atoms with van der Waals surface area (Å²) in [5, 5.41) is 0. The van der Waals surface area contributed by atoms with Crippen molar-refractivity contribution in [3.8, 4) is 0 Å². The molecule has 3 nitrogen and oxygen atoms in total. The van der Waals surface area contributed by atoms with Gasteiger partial charge in [0.25, 0.3) is 5.82 Å². The Hall–Kier alpha value is -1.35. The molecule has 0 unspecified atom stereocenters. The number of rotatable bonds is 9. The Balaban J connectivity index is 1.80. The molecule has 21 heavy (non-hydrogen) atoms. The van der Waals surface area contributed by atoms with Gasteiger partial charge in [0.2, 0.25) is 0 Å². The molecule has 0 N–H and O–H groups in total. The van der Waals surface area contributed by atoms with Crippen molar-refractivity contribution >= 4 is 11.0 Å². The molecular weight excluding hydrogens is 260 g/mol. The summed E-state index contributed by atoms with van der Waals surface area (Å²) in [6, 6.07) is 8.50. The molecule has 1 aromatic carbocycles. The van der Waals surface area contributed by atoms with Crippen LogP contribution in [-0.2, 0) is 18.5 Å². The van der Waals surface area contributed by atoms with E-state index in [0.717, 1.165) is 6.61 Å². The molecule has 0 bridgehead atoms. The smallest absolute Gasteiger partial charge is 0.255 e. The van der Waals surface area contributed by atoms with Gasteiger partial charge in [0.1, 0.15) is 0 Å². The van der Waals surface area contributed by atoms with E-state index in [0.29, 0.717) is 6.73 Å². The molecule has 0 saturated heterocycles. The lowest BCUT2D eigenvalue weighted by Crippen LogP contribution is -2.31. The maximum absolute atomic E-state index is 5.88. The predicted molar refractivity (Wildman–Crippen MR) is 87.2 cm³/mol. The Morgan fingerprint density at radius 3 is 2.57 bits per heavy atom. The molecular formula is C18H29N2O+. The largest absolute Gasteiger partial charge is 0.342 e. The zero-order valence-corrected chi connectivity index (χ0v) is 13.8. The summed E-state index contributed by atoms with van der Waals surface area (Å²) in [5.74, 6) is 1.24. The number of benzene rings is 1. The van der Waals surface area contributed by atoms with Gasteiger partial charge >= 0.3 is 0 Å². The van der Waals surface area contributed by atoms with E-state index in [4.69, 9.17) is 4.74 Å². The first-order chi connectivity index (χ1) is 10.3. The quantitative estimate of drug-likeness (QED) is 0.502. The van der Waals surface area contributed by atoms with E-state index in [-0.39, 0.29) is 0 Å². The third kappa shape index (κ3) is 4.07. The van der Waals surface area contributed by atoms with Crippen molar-refractivity contribution in [1.82, 2.24) is 4.57 Å². The van der Waals surface area contributed by atoms with E-state index in [1.807, 2.05) is 0 Å². The monoisotopic (exact) mass is 289 g/mol. The van der Waals surface area contributed by atoms with Crippen LogP contribution in [0.25, 0.3) is 11.0 Å². The molecule has 0 fully saturated rings. The maximum atomic E-state index is 5.88. The van der Waals surface area contributed by atoms with Crippen molar-refractivity contribution in [2.75, 3.05) is 6.61 Å². The van der Waals surface area contributed by atoms with E-state index >= 15 is 0 Å². The van der Waals surface area contributed by atoms with Crippen LogP contribution < -0.4 is 4.57 Å². The molecule has 0 aliphatic heterocycles. The highest BCUT2D eigenvalue weighted by molar-refractivity contribution is 5.72. The van der Waals surface area contributed by atoms with Gasteiger partial charge < -0.3 is 4.74 Å². The first-order valence-electron chi connectivity index (χ1n) is 8.27. The van der Waals surface area contributed by atoms with Crippen molar-refractivity contribution < 1.29 is 9.30 Å². The van der Waals surface area contributed by atoms with Crippen LogP contribution in [0.4, 0.5) is 0 Å². The van der Waals surface area contributed by atoms with Crippen molar-refractivity contribution in [2.45, 2.75) is 59.1 Å². The highest BCUT2D eigenvalue weighted by atomic mass is 16.5. The third-order valence-electron chi connectivity index (χ3n) is 4.27. The standard InChI is InChI=1S/C18H29N2O/c1-4-5-6-7-8-11-14-21-15-20-16(2)19(3)17-12-9-10-13-18(17)20/h9-10,12-13H,4-8,11,14-15H2,1-3H3/q+1. The molecule has 0 spiro atoms. The fraction of sp³-hybridized carbons (Fsp3) is 0.611. The minimum atomic E-state index is 0.655. The van der Waals surface area contributed by atoms with Crippen LogP contribution in [0.15, 0.2) is 24.3 Å². The molecule has 0 aliphatic rings. The van der Waals surface area contributed by atoms with Crippen LogP contribution in [0.5, 0.6) is 0 Å². The van der Waals surface area contributed by atoms with Gasteiger partial charge in [-0.05, 0) is 18.6 Å². The Kier molecular flexibility index (Phi) is 6.24. The number of aryl methyl sites for hydroxylation is 1. The molecule has 0 atom stereocenters. The average Bonchev–Trinajstić information content (AvgIpc) is 2.75. The van der Waals surface area contributed by atoms with Gasteiger partial charge in [0, 0.05) is 6.92 Å². The molecule has 1 heterocycles. The third-order valence-corrected chi connectivity index (χ3v) is 4.27. The van der Waals surface area contributed by atoms with Gasteiger partial charge in [-0.3, -0.25) is 0 Å². The van der Waals surface area contributed by atoms with Crippen molar-refractivity contribution in [1.29, 1.82) is 0 Å². The highest BCUT2D eigenvalue weighted by Crippen LogP contribution is 2.13. The van der Waals surface area contributed by atoms with Crippen molar-refractivity contribution in [3.63, 3.8) is 0 Å². The molecule has 0 radical (unpaired) electrons. The topological polar surface area (TPSA) is 18.0 Å². The minimum Gasteiger partial charge on any atom is -0.342 e. The van der Waals surface area contributed by atoms with Crippen LogP contribution in [0.2, 0.25) is 0 Å². The van der Waals surface area contributed by atoms with Crippen LogP contribution in [-0.4, -0.2) is 11.2 Å². The second-order valence-corrected chi connectivity index (χ2v) is 5.83. The van der Waals surface area contributed by atoms with Crippen molar-refractivity contribution in [2.24, 2.45) is 7.05 Å². The van der Waals surface area contributed by atoms with Gasteiger partial charge in [0.05, 0.1) is 13.7 Å². The summed E-state index contributed by atoms with van der Waals surface area (Å²) >= 11 is 0. The molecule has 0 saturated carbocycles. The second kappa shape index (κ2) is 8.18. The number of ether oxygens (including phenoxy) is 1. The molecule has 3 heteroatoms. The van der Waals surface area contributed by atoms with Gasteiger partial charge in [-0.15, -0.1) is 0 Å². The lowest BCUT2D eigenvalue weighted by molar-refractivity contribution is -0.652. The van der Waals surface area contributed by atoms with Crippen LogP contribution in [0.1, 0.15) is 51.3 Å². The van der Waals surface area contributed by atoms with E-state index in [1.165, 1.54) is 55.4 Å². The first kappa shape index (κ1) is 16.0. The number of fused-ring (bicyclic) bond motifs is 1. The number of nitrogens with zero attached hydrogens (tertiary/aromatic N) is 2. The summed E-state index contributed by atoms with van der Waals surface area (Å²) in [4.78, 5) is 0. The van der Waals surface area contributed by atoms with E-state index in [9.17, 15) is 0 Å². The summed E-state index contributed by atoms with van der Waals surface area (Å²) < 4.78 is 10.4. The number of hydrogen-bond acceptors (Lipinski definition) is 1. The Bertz CT molecular complexity index is 560. The fourth-order valence-electron chi connectivity index (χ4n) is 2.81. The van der Waals surface area contributed by atoms with Crippen molar-refractivity contribution in [3.05, 3.63) is 30.1 Å². The molecule has 1 aromatic heterocycles. The molecule has 2 rings (SSSR count). The van der Waals surface area contributed by atoms with Crippen LogP contribution in [0.3, 0.4) is 0 Å². The lowest BCUT2D eigenvalue weighted by Gasteiger charge is -2.04. The maximum Gasteiger partial charge on any atom is 0.255 e. The van der Waals surface area contributed by atoms with Gasteiger partial charge in [0.15, 0.2) is 17.8 Å². The first-order valence-corrected chi connectivity index (χ1v) is 8.27. The van der Waals surface area contributed by atoms with Gasteiger partial charge in [-0.2, -0.15) is 0 Å². The summed E-state index contributed by atoms with van der Waals surface area (Å²) in [5.41, 5.74) is 2.51. The second-order valence-electron chi connectivity index (χ2n) is 5.83. The highest BCUT2D eigenvalue weighted by Gasteiger charge is 2.17. The van der Waals surface area contributed by atoms with Crippen LogP contribution >= 0.6 is 0 Å². The Labute approximate surface area is 128 Å². The fourth-order valence-corrected chi connectivity index (χ4v) is 2.81. The zero-order valence-electron chi connectivity index (χ0n) is 13.8. The Morgan fingerprint density at radius 2 is 1.76 bits per heavy atom. The molecule has 0 aliphatic carbocycles. The number of hydrogen-bond donors (Lipinski definition) is 0. The zero-order chi connectivity index (χ0) is 15.1. The number of aromatic nitrogens is 2. The predicted octanol–water partition coefficient (Wildman–Crippen LogP) is 4.11. The molecule has 2 aromatic rings. The van der Waals surface area contributed by atoms with Crippen LogP contribution in [0, 0.1) is 6.92 Å². The molecule has 116 valence electrons. The minimum absolute atomic E-state index is 0.655.